The molecule has 2 aliphatic carbocycles. The van der Waals surface area contributed by atoms with Gasteiger partial charge < -0.3 is 16.0 Å². The molecule has 2 fully saturated rings. The van der Waals surface area contributed by atoms with Crippen molar-refractivity contribution >= 4 is 29.4 Å². The van der Waals surface area contributed by atoms with Crippen LogP contribution < -0.4 is 16.0 Å². The Hall–Kier alpha value is -3.68. The Labute approximate surface area is 185 Å². The molecule has 1 saturated carbocycles. The van der Waals surface area contributed by atoms with Crippen molar-refractivity contribution < 1.29 is 19.2 Å². The van der Waals surface area contributed by atoms with Gasteiger partial charge in [-0.2, -0.15) is 0 Å². The van der Waals surface area contributed by atoms with Gasteiger partial charge in [0.2, 0.25) is 5.91 Å². The highest BCUT2D eigenvalue weighted by molar-refractivity contribution is 6.10. The van der Waals surface area contributed by atoms with Gasteiger partial charge in [-0.15, -0.1) is 0 Å². The molecule has 1 aliphatic heterocycles. The Bertz CT molecular complexity index is 1130. The molecule has 2 aromatic rings. The lowest BCUT2D eigenvalue weighted by Gasteiger charge is -2.33. The van der Waals surface area contributed by atoms with E-state index in [0.29, 0.717) is 17.7 Å². The van der Waals surface area contributed by atoms with Crippen LogP contribution in [0.15, 0.2) is 48.5 Å². The van der Waals surface area contributed by atoms with Gasteiger partial charge in [-0.25, -0.2) is 4.79 Å². The molecular weight excluding hydrogens is 408 g/mol. The fourth-order valence-corrected chi connectivity index (χ4v) is 4.53. The predicted molar refractivity (Wildman–Crippen MR) is 117 cm³/mol. The minimum absolute atomic E-state index is 0.185. The maximum absolute atomic E-state index is 13.3. The van der Waals surface area contributed by atoms with E-state index in [4.69, 9.17) is 0 Å². The van der Waals surface area contributed by atoms with Crippen LogP contribution in [0.4, 0.5) is 10.5 Å². The maximum atomic E-state index is 13.3. The molecule has 32 heavy (non-hydrogen) atoms. The Morgan fingerprint density at radius 3 is 2.72 bits per heavy atom. The minimum atomic E-state index is -1.10. The number of nitrogens with one attached hydrogen (secondary N) is 3. The molecule has 5 amide bonds. The minimum Gasteiger partial charge on any atom is -0.349 e. The predicted octanol–water partition coefficient (Wildman–Crippen LogP) is 2.30. The average molecular weight is 432 g/mol. The first-order valence-electron chi connectivity index (χ1n) is 10.9. The number of nitrogens with zero attached hydrogens (tertiary/aromatic N) is 1. The van der Waals surface area contributed by atoms with Crippen molar-refractivity contribution in [3.05, 3.63) is 65.2 Å². The Morgan fingerprint density at radius 2 is 1.91 bits per heavy atom. The van der Waals surface area contributed by atoms with Crippen molar-refractivity contribution in [1.82, 2.24) is 15.5 Å². The third-order valence-corrected chi connectivity index (χ3v) is 6.27. The van der Waals surface area contributed by atoms with Crippen LogP contribution in [0.1, 0.15) is 47.2 Å². The molecule has 1 atom stereocenters. The van der Waals surface area contributed by atoms with Gasteiger partial charge in [0.25, 0.3) is 11.8 Å². The first-order valence-corrected chi connectivity index (χ1v) is 10.9. The molecule has 1 spiro atoms. The number of benzene rings is 2. The molecule has 8 nitrogen and oxygen atoms in total. The maximum Gasteiger partial charge on any atom is 0.325 e. The summed E-state index contributed by atoms with van der Waals surface area (Å²) in [5.74, 6) is -1.09. The van der Waals surface area contributed by atoms with Crippen LogP contribution in [0.2, 0.25) is 0 Å². The molecule has 2 aromatic carbocycles. The monoisotopic (exact) mass is 432 g/mol. The second-order valence-corrected chi connectivity index (χ2v) is 8.61. The molecule has 1 unspecified atom stereocenters. The van der Waals surface area contributed by atoms with E-state index in [1.165, 1.54) is 0 Å². The SMILES string of the molecule is O=C(CN1C(=O)NC2(CCCc3ccccc32)C1=O)Nc1cccc(C(=O)NC2CC2)c1. The van der Waals surface area contributed by atoms with Crippen LogP contribution in [-0.2, 0) is 21.5 Å². The van der Waals surface area contributed by atoms with E-state index in [2.05, 4.69) is 16.0 Å². The zero-order chi connectivity index (χ0) is 22.3. The molecule has 3 aliphatic rings. The standard InChI is InChI=1S/C24H24N4O4/c29-20(25-18-8-3-6-16(13-18)21(30)26-17-10-11-17)14-28-22(31)24(27-23(28)32)12-4-7-15-5-1-2-9-19(15)24/h1-3,5-6,8-9,13,17H,4,7,10-12,14H2,(H,25,29)(H,26,30)(H,27,32). The van der Waals surface area contributed by atoms with Gasteiger partial charge in [0.05, 0.1) is 0 Å². The van der Waals surface area contributed by atoms with Crippen molar-refractivity contribution in [2.24, 2.45) is 0 Å². The summed E-state index contributed by atoms with van der Waals surface area (Å²) in [7, 11) is 0. The van der Waals surface area contributed by atoms with Crippen molar-refractivity contribution in [2.75, 3.05) is 11.9 Å². The first-order chi connectivity index (χ1) is 15.5. The van der Waals surface area contributed by atoms with Gasteiger partial charge >= 0.3 is 6.03 Å². The lowest BCUT2D eigenvalue weighted by Crippen LogP contribution is -2.47. The van der Waals surface area contributed by atoms with Gasteiger partial charge in [0.1, 0.15) is 12.1 Å². The van der Waals surface area contributed by atoms with Crippen molar-refractivity contribution in [2.45, 2.75) is 43.7 Å². The molecule has 0 bridgehead atoms. The van der Waals surface area contributed by atoms with E-state index in [9.17, 15) is 19.2 Å². The number of carbonyl (C=O) groups is 4. The number of hydrogen-bond donors (Lipinski definition) is 3. The van der Waals surface area contributed by atoms with Crippen LogP contribution >= 0.6 is 0 Å². The zero-order valence-corrected chi connectivity index (χ0v) is 17.5. The van der Waals surface area contributed by atoms with Crippen LogP contribution in [0, 0.1) is 0 Å². The highest BCUT2D eigenvalue weighted by Crippen LogP contribution is 2.39. The summed E-state index contributed by atoms with van der Waals surface area (Å²) in [6.45, 7) is -0.396. The third kappa shape index (κ3) is 3.62. The quantitative estimate of drug-likeness (QED) is 0.630. The van der Waals surface area contributed by atoms with Crippen LogP contribution in [0.5, 0.6) is 0 Å². The van der Waals surface area contributed by atoms with Gasteiger partial charge in [-0.1, -0.05) is 30.3 Å². The summed E-state index contributed by atoms with van der Waals surface area (Å²) < 4.78 is 0. The highest BCUT2D eigenvalue weighted by atomic mass is 16.2. The van der Waals surface area contributed by atoms with Gasteiger partial charge in [-0.3, -0.25) is 19.3 Å². The number of aryl methyl sites for hydroxylation is 1. The van der Waals surface area contributed by atoms with Gasteiger partial charge in [0, 0.05) is 17.3 Å². The topological polar surface area (TPSA) is 108 Å². The second kappa shape index (κ2) is 7.78. The third-order valence-electron chi connectivity index (χ3n) is 6.27. The summed E-state index contributed by atoms with van der Waals surface area (Å²) in [4.78, 5) is 51.8. The fraction of sp³-hybridized carbons (Fsp3) is 0.333. The lowest BCUT2D eigenvalue weighted by molar-refractivity contribution is -0.134. The lowest BCUT2D eigenvalue weighted by atomic mass is 9.76. The molecular formula is C24H24N4O4. The summed E-state index contributed by atoms with van der Waals surface area (Å²) in [5.41, 5.74) is 1.63. The Balaban J connectivity index is 1.29. The smallest absolute Gasteiger partial charge is 0.325 e. The van der Waals surface area contributed by atoms with Crippen LogP contribution in [0.25, 0.3) is 0 Å². The number of hydrogen-bond acceptors (Lipinski definition) is 4. The van der Waals surface area contributed by atoms with Crippen molar-refractivity contribution in [3.63, 3.8) is 0 Å². The molecule has 0 radical (unpaired) electrons. The van der Waals surface area contributed by atoms with Gasteiger partial charge in [0.15, 0.2) is 0 Å². The van der Waals surface area contributed by atoms with Gasteiger partial charge in [-0.05, 0) is 61.4 Å². The number of urea groups is 1. The normalized spacial score (nSPS) is 21.8. The van der Waals surface area contributed by atoms with E-state index in [1.54, 1.807) is 24.3 Å². The summed E-state index contributed by atoms with van der Waals surface area (Å²) >= 11 is 0. The van der Waals surface area contributed by atoms with E-state index < -0.39 is 29.9 Å². The number of carbonyl (C=O) groups excluding carboxylic acids is 4. The highest BCUT2D eigenvalue weighted by Gasteiger charge is 2.54. The number of imide groups is 1. The Morgan fingerprint density at radius 1 is 1.09 bits per heavy atom. The largest absolute Gasteiger partial charge is 0.349 e. The molecule has 8 heteroatoms. The summed E-state index contributed by atoms with van der Waals surface area (Å²) in [6.07, 6.45) is 4.11. The summed E-state index contributed by atoms with van der Waals surface area (Å²) in [5, 5.41) is 8.44. The summed E-state index contributed by atoms with van der Waals surface area (Å²) in [6, 6.07) is 13.9. The second-order valence-electron chi connectivity index (χ2n) is 8.61. The average Bonchev–Trinajstić information content (AvgIpc) is 3.57. The van der Waals surface area contributed by atoms with E-state index in [0.717, 1.165) is 41.7 Å². The number of anilines is 1. The molecule has 0 aromatic heterocycles. The molecule has 1 saturated heterocycles. The van der Waals surface area contributed by atoms with Crippen molar-refractivity contribution in [3.8, 4) is 0 Å². The number of amides is 5. The molecule has 164 valence electrons. The molecule has 5 rings (SSSR count). The molecule has 3 N–H and O–H groups in total. The van der Waals surface area contributed by atoms with E-state index in [-0.39, 0.29) is 11.9 Å². The van der Waals surface area contributed by atoms with Crippen LogP contribution in [-0.4, -0.2) is 41.2 Å². The van der Waals surface area contributed by atoms with E-state index >= 15 is 0 Å². The van der Waals surface area contributed by atoms with Crippen molar-refractivity contribution in [1.29, 1.82) is 0 Å². The fourth-order valence-electron chi connectivity index (χ4n) is 4.53. The van der Waals surface area contributed by atoms with E-state index in [1.807, 2.05) is 24.3 Å². The first kappa shape index (κ1) is 20.2. The molecule has 1 heterocycles. The zero-order valence-electron chi connectivity index (χ0n) is 17.5. The van der Waals surface area contributed by atoms with Crippen LogP contribution in [0.3, 0.4) is 0 Å². The number of rotatable bonds is 5. The Kier molecular flexibility index (Phi) is 4.92. The number of fused-ring (bicyclic) bond motifs is 2.